The summed E-state index contributed by atoms with van der Waals surface area (Å²) in [6.45, 7) is 6.11. The van der Waals surface area contributed by atoms with Crippen LogP contribution in [0.2, 0.25) is 0 Å². The number of carbonyl (C=O) groups excluding carboxylic acids is 1. The van der Waals surface area contributed by atoms with Gasteiger partial charge in [-0.15, -0.1) is 0 Å². The molecule has 2 aromatic carbocycles. The van der Waals surface area contributed by atoms with Crippen molar-refractivity contribution >= 4 is 22.6 Å². The highest BCUT2D eigenvalue weighted by Gasteiger charge is 2.24. The van der Waals surface area contributed by atoms with Gasteiger partial charge in [-0.05, 0) is 49.9 Å². The Morgan fingerprint density at radius 2 is 1.80 bits per heavy atom. The first-order chi connectivity index (χ1) is 14.5. The SMILES string of the molecule is CCc1nc2ccccc2c(=O)n1CC1CCN(C(=O)Nc2ccc(C)cc2)CC1. The van der Waals surface area contributed by atoms with Crippen molar-refractivity contribution in [3.8, 4) is 0 Å². The average molecular weight is 405 g/mol. The van der Waals surface area contributed by atoms with Crippen LogP contribution in [0.1, 0.15) is 31.2 Å². The predicted octanol–water partition coefficient (Wildman–Crippen LogP) is 4.21. The number of rotatable bonds is 4. The van der Waals surface area contributed by atoms with Gasteiger partial charge in [0.15, 0.2) is 0 Å². The normalized spacial score (nSPS) is 14.8. The maximum absolute atomic E-state index is 13.0. The van der Waals surface area contributed by atoms with E-state index in [0.29, 0.717) is 30.9 Å². The van der Waals surface area contributed by atoms with Gasteiger partial charge in [0, 0.05) is 31.7 Å². The molecule has 1 saturated heterocycles. The summed E-state index contributed by atoms with van der Waals surface area (Å²) in [5.74, 6) is 1.19. The van der Waals surface area contributed by atoms with Gasteiger partial charge in [-0.25, -0.2) is 9.78 Å². The maximum Gasteiger partial charge on any atom is 0.321 e. The number of aromatic nitrogens is 2. The minimum atomic E-state index is -0.0592. The molecule has 0 saturated carbocycles. The number of anilines is 1. The molecule has 1 fully saturated rings. The zero-order chi connectivity index (χ0) is 21.1. The van der Waals surface area contributed by atoms with Gasteiger partial charge in [0.05, 0.1) is 10.9 Å². The van der Waals surface area contributed by atoms with Crippen molar-refractivity contribution in [3.05, 3.63) is 70.3 Å². The largest absolute Gasteiger partial charge is 0.325 e. The highest BCUT2D eigenvalue weighted by molar-refractivity contribution is 5.89. The van der Waals surface area contributed by atoms with Crippen LogP contribution in [0.3, 0.4) is 0 Å². The number of hydrogen-bond donors (Lipinski definition) is 1. The summed E-state index contributed by atoms with van der Waals surface area (Å²) in [5, 5.41) is 3.64. The summed E-state index contributed by atoms with van der Waals surface area (Å²) in [7, 11) is 0. The van der Waals surface area contributed by atoms with E-state index in [1.165, 1.54) is 5.56 Å². The number of piperidine rings is 1. The monoisotopic (exact) mass is 404 g/mol. The van der Waals surface area contributed by atoms with Gasteiger partial charge in [0.1, 0.15) is 5.82 Å². The summed E-state index contributed by atoms with van der Waals surface area (Å²) >= 11 is 0. The third-order valence-electron chi connectivity index (χ3n) is 5.90. The van der Waals surface area contributed by atoms with Crippen LogP contribution in [0.5, 0.6) is 0 Å². The lowest BCUT2D eigenvalue weighted by Crippen LogP contribution is -2.42. The number of benzene rings is 2. The van der Waals surface area contributed by atoms with E-state index in [2.05, 4.69) is 5.32 Å². The molecule has 6 nitrogen and oxygen atoms in total. The minimum absolute atomic E-state index is 0.0389. The van der Waals surface area contributed by atoms with E-state index in [9.17, 15) is 9.59 Å². The molecule has 1 aromatic heterocycles. The molecule has 1 N–H and O–H groups in total. The van der Waals surface area contributed by atoms with Crippen LogP contribution in [-0.4, -0.2) is 33.6 Å². The fourth-order valence-corrected chi connectivity index (χ4v) is 4.09. The predicted molar refractivity (Wildman–Crippen MR) is 120 cm³/mol. The Labute approximate surface area is 176 Å². The van der Waals surface area contributed by atoms with Crippen LogP contribution in [-0.2, 0) is 13.0 Å². The molecule has 0 unspecified atom stereocenters. The Kier molecular flexibility index (Phi) is 5.84. The molecule has 6 heteroatoms. The summed E-state index contributed by atoms with van der Waals surface area (Å²) in [5.41, 5.74) is 2.78. The lowest BCUT2D eigenvalue weighted by Gasteiger charge is -2.32. The Morgan fingerprint density at radius 1 is 1.10 bits per heavy atom. The first-order valence-electron chi connectivity index (χ1n) is 10.7. The van der Waals surface area contributed by atoms with Crippen molar-refractivity contribution in [1.82, 2.24) is 14.5 Å². The summed E-state index contributed by atoms with van der Waals surface area (Å²) in [6.07, 6.45) is 2.48. The van der Waals surface area contributed by atoms with Crippen LogP contribution in [0.25, 0.3) is 10.9 Å². The Morgan fingerprint density at radius 3 is 2.50 bits per heavy atom. The number of fused-ring (bicyclic) bond motifs is 1. The second kappa shape index (κ2) is 8.69. The molecule has 0 spiro atoms. The first kappa shape index (κ1) is 20.1. The van der Waals surface area contributed by atoms with Gasteiger partial charge in [0.25, 0.3) is 5.56 Å². The number of amides is 2. The number of aryl methyl sites for hydroxylation is 2. The number of nitrogens with zero attached hydrogens (tertiary/aromatic N) is 3. The fraction of sp³-hybridized carbons (Fsp3) is 0.375. The van der Waals surface area contributed by atoms with Gasteiger partial charge < -0.3 is 10.2 Å². The van der Waals surface area contributed by atoms with Crippen molar-refractivity contribution in [1.29, 1.82) is 0 Å². The Bertz CT molecular complexity index is 1100. The number of urea groups is 1. The summed E-state index contributed by atoms with van der Waals surface area (Å²) in [6, 6.07) is 15.3. The molecule has 1 aliphatic heterocycles. The zero-order valence-corrected chi connectivity index (χ0v) is 17.6. The molecule has 0 radical (unpaired) electrons. The molecule has 0 aliphatic carbocycles. The van der Waals surface area contributed by atoms with Gasteiger partial charge in [-0.1, -0.05) is 36.8 Å². The first-order valence-corrected chi connectivity index (χ1v) is 10.7. The number of hydrogen-bond acceptors (Lipinski definition) is 3. The summed E-state index contributed by atoms with van der Waals surface area (Å²) < 4.78 is 1.84. The molecule has 1 aliphatic rings. The third kappa shape index (κ3) is 4.22. The van der Waals surface area contributed by atoms with Gasteiger partial charge in [-0.3, -0.25) is 9.36 Å². The fourth-order valence-electron chi connectivity index (χ4n) is 4.09. The van der Waals surface area contributed by atoms with Crippen LogP contribution in [0, 0.1) is 12.8 Å². The van der Waals surface area contributed by atoms with E-state index >= 15 is 0 Å². The average Bonchev–Trinajstić information content (AvgIpc) is 2.77. The molecule has 2 amide bonds. The van der Waals surface area contributed by atoms with Crippen molar-refractivity contribution in [2.45, 2.75) is 39.7 Å². The molecule has 2 heterocycles. The maximum atomic E-state index is 13.0. The summed E-state index contributed by atoms with van der Waals surface area (Å²) in [4.78, 5) is 32.2. The zero-order valence-electron chi connectivity index (χ0n) is 17.6. The van der Waals surface area contributed by atoms with Crippen LogP contribution in [0.15, 0.2) is 53.3 Å². The second-order valence-electron chi connectivity index (χ2n) is 8.04. The topological polar surface area (TPSA) is 67.2 Å². The molecular formula is C24H28N4O2. The van der Waals surface area contributed by atoms with Gasteiger partial charge in [-0.2, -0.15) is 0 Å². The van der Waals surface area contributed by atoms with Crippen LogP contribution in [0.4, 0.5) is 10.5 Å². The molecule has 30 heavy (non-hydrogen) atoms. The van der Waals surface area contributed by atoms with Crippen LogP contribution < -0.4 is 10.9 Å². The number of carbonyl (C=O) groups is 1. The van der Waals surface area contributed by atoms with E-state index < -0.39 is 0 Å². The Hall–Kier alpha value is -3.15. The van der Waals surface area contributed by atoms with E-state index in [-0.39, 0.29) is 11.6 Å². The lowest BCUT2D eigenvalue weighted by molar-refractivity contribution is 0.176. The van der Waals surface area contributed by atoms with Crippen molar-refractivity contribution in [3.63, 3.8) is 0 Å². The van der Waals surface area contributed by atoms with Crippen LogP contribution >= 0.6 is 0 Å². The van der Waals surface area contributed by atoms with E-state index in [4.69, 9.17) is 4.98 Å². The molecular weight excluding hydrogens is 376 g/mol. The van der Waals surface area contributed by atoms with E-state index in [1.807, 2.05) is 71.8 Å². The van der Waals surface area contributed by atoms with Gasteiger partial charge >= 0.3 is 6.03 Å². The molecule has 3 aromatic rings. The minimum Gasteiger partial charge on any atom is -0.325 e. The standard InChI is InChI=1S/C24H28N4O2/c1-3-22-26-21-7-5-4-6-20(21)23(29)28(22)16-18-12-14-27(15-13-18)24(30)25-19-10-8-17(2)9-11-19/h4-11,18H,3,12-16H2,1-2H3,(H,25,30). The van der Waals surface area contributed by atoms with Gasteiger partial charge in [0.2, 0.25) is 0 Å². The smallest absolute Gasteiger partial charge is 0.321 e. The second-order valence-corrected chi connectivity index (χ2v) is 8.04. The highest BCUT2D eigenvalue weighted by Crippen LogP contribution is 2.21. The number of nitrogens with one attached hydrogen (secondary N) is 1. The molecule has 4 rings (SSSR count). The molecule has 0 bridgehead atoms. The number of likely N-dealkylation sites (tertiary alicyclic amines) is 1. The van der Waals surface area contributed by atoms with Crippen molar-refractivity contribution in [2.24, 2.45) is 5.92 Å². The Balaban J connectivity index is 1.41. The molecule has 156 valence electrons. The molecule has 0 atom stereocenters. The van der Waals surface area contributed by atoms with E-state index in [1.54, 1.807) is 0 Å². The van der Waals surface area contributed by atoms with E-state index in [0.717, 1.165) is 36.3 Å². The highest BCUT2D eigenvalue weighted by atomic mass is 16.2. The lowest BCUT2D eigenvalue weighted by atomic mass is 9.96. The van der Waals surface area contributed by atoms with Crippen molar-refractivity contribution in [2.75, 3.05) is 18.4 Å². The quantitative estimate of drug-likeness (QED) is 0.708. The van der Waals surface area contributed by atoms with Crippen molar-refractivity contribution < 1.29 is 4.79 Å². The number of para-hydroxylation sites is 1. The third-order valence-corrected chi connectivity index (χ3v) is 5.90.